The molecule has 0 atom stereocenters. The molecule has 0 aliphatic rings. The molecule has 0 aliphatic heterocycles. The van der Waals surface area contributed by atoms with Crippen LogP contribution in [0, 0.1) is 0 Å². The highest BCUT2D eigenvalue weighted by atomic mass is 16.1. The van der Waals surface area contributed by atoms with Crippen molar-refractivity contribution in [2.24, 2.45) is 7.05 Å². The monoisotopic (exact) mass is 217 g/mol. The first-order valence-electron chi connectivity index (χ1n) is 4.85. The molecule has 16 heavy (non-hydrogen) atoms. The average Bonchev–Trinajstić information content (AvgIpc) is 2.68. The highest BCUT2D eigenvalue weighted by Crippen LogP contribution is 2.01. The van der Waals surface area contributed by atoms with Gasteiger partial charge in [-0.2, -0.15) is 5.10 Å². The highest BCUT2D eigenvalue weighted by Gasteiger charge is 2.10. The maximum absolute atomic E-state index is 11.8. The number of hydrogen-bond donors (Lipinski definition) is 0. The summed E-state index contributed by atoms with van der Waals surface area (Å²) in [6.07, 6.45) is 3.27. The number of nitrogens with zero attached hydrogens (tertiary/aromatic N) is 3. The molecule has 2 rings (SSSR count). The summed E-state index contributed by atoms with van der Waals surface area (Å²) in [6.45, 7) is -0.0302. The van der Waals surface area contributed by atoms with Gasteiger partial charge in [0.1, 0.15) is 6.54 Å². The van der Waals surface area contributed by atoms with Gasteiger partial charge in [0.15, 0.2) is 0 Å². The van der Waals surface area contributed by atoms with Crippen molar-refractivity contribution in [2.75, 3.05) is 0 Å². The molecule has 0 amide bonds. The maximum Gasteiger partial charge on any atom is 0.267 e. The molecule has 2 heterocycles. The third-order valence-electron chi connectivity index (χ3n) is 2.31. The molecule has 0 unspecified atom stereocenters. The second-order valence-corrected chi connectivity index (χ2v) is 3.45. The molecule has 2 aromatic heterocycles. The van der Waals surface area contributed by atoms with E-state index >= 15 is 0 Å². The average molecular weight is 217 g/mol. The number of hydrogen-bond acceptors (Lipinski definition) is 3. The van der Waals surface area contributed by atoms with Gasteiger partial charge in [0.05, 0.1) is 5.69 Å². The molecule has 0 spiro atoms. The summed E-state index contributed by atoms with van der Waals surface area (Å²) in [5.74, 6) is -0.131. The quantitative estimate of drug-likeness (QED) is 0.702. The Morgan fingerprint density at radius 2 is 2.19 bits per heavy atom. The minimum atomic E-state index is -0.273. The molecule has 0 radical (unpaired) electrons. The van der Waals surface area contributed by atoms with Crippen LogP contribution in [0.15, 0.2) is 41.5 Å². The van der Waals surface area contributed by atoms with Crippen LogP contribution in [0.1, 0.15) is 10.5 Å². The van der Waals surface area contributed by atoms with Crippen molar-refractivity contribution in [1.29, 1.82) is 0 Å². The van der Waals surface area contributed by atoms with Gasteiger partial charge in [-0.1, -0.05) is 0 Å². The molecule has 5 nitrogen and oxygen atoms in total. The number of aryl methyl sites for hydroxylation is 1. The molecule has 0 saturated heterocycles. The van der Waals surface area contributed by atoms with Crippen molar-refractivity contribution in [2.45, 2.75) is 6.54 Å². The number of carbonyl (C=O) groups excluding carboxylic acids is 1. The van der Waals surface area contributed by atoms with Crippen molar-refractivity contribution < 1.29 is 4.79 Å². The largest absolute Gasteiger partial charge is 0.348 e. The van der Waals surface area contributed by atoms with E-state index in [1.807, 2.05) is 0 Å². The van der Waals surface area contributed by atoms with E-state index in [1.54, 1.807) is 36.0 Å². The van der Waals surface area contributed by atoms with Crippen LogP contribution in [-0.2, 0) is 13.6 Å². The van der Waals surface area contributed by atoms with Crippen LogP contribution in [0.2, 0.25) is 0 Å². The second-order valence-electron chi connectivity index (χ2n) is 3.45. The Labute approximate surface area is 91.9 Å². The predicted octanol–water partition coefficient (Wildman–Crippen LogP) is 0.465. The minimum Gasteiger partial charge on any atom is -0.348 e. The molecule has 0 aliphatic carbocycles. The summed E-state index contributed by atoms with van der Waals surface area (Å²) in [6, 6.07) is 6.43. The molecule has 5 heteroatoms. The number of ketones is 1. The van der Waals surface area contributed by atoms with Crippen molar-refractivity contribution in [3.05, 3.63) is 52.7 Å². The van der Waals surface area contributed by atoms with Crippen molar-refractivity contribution in [1.82, 2.24) is 14.3 Å². The van der Waals surface area contributed by atoms with Gasteiger partial charge in [0, 0.05) is 25.5 Å². The van der Waals surface area contributed by atoms with Crippen LogP contribution in [0.25, 0.3) is 0 Å². The Hall–Kier alpha value is -2.17. The fourth-order valence-corrected chi connectivity index (χ4v) is 1.47. The lowest BCUT2D eigenvalue weighted by atomic mass is 10.3. The molecule has 0 aromatic carbocycles. The first-order valence-corrected chi connectivity index (χ1v) is 4.85. The number of aromatic nitrogens is 3. The van der Waals surface area contributed by atoms with Gasteiger partial charge in [-0.05, 0) is 18.2 Å². The van der Waals surface area contributed by atoms with E-state index in [9.17, 15) is 9.59 Å². The Balaban J connectivity index is 2.24. The van der Waals surface area contributed by atoms with Gasteiger partial charge < -0.3 is 4.57 Å². The summed E-state index contributed by atoms with van der Waals surface area (Å²) in [5, 5.41) is 3.83. The number of Topliss-reactive ketones (excluding diaryl/α,β-unsaturated/α-hetero) is 1. The van der Waals surface area contributed by atoms with Crippen LogP contribution in [-0.4, -0.2) is 20.1 Å². The molecule has 82 valence electrons. The zero-order chi connectivity index (χ0) is 11.5. The Bertz CT molecular complexity index is 568. The van der Waals surface area contributed by atoms with E-state index in [-0.39, 0.29) is 17.9 Å². The van der Waals surface area contributed by atoms with Crippen LogP contribution in [0.3, 0.4) is 0 Å². The van der Waals surface area contributed by atoms with E-state index in [4.69, 9.17) is 0 Å². The lowest BCUT2D eigenvalue weighted by molar-refractivity contribution is 0.0957. The van der Waals surface area contributed by atoms with Crippen LogP contribution < -0.4 is 5.56 Å². The normalized spacial score (nSPS) is 10.3. The summed E-state index contributed by atoms with van der Waals surface area (Å²) < 4.78 is 2.87. The highest BCUT2D eigenvalue weighted by molar-refractivity contribution is 5.94. The Morgan fingerprint density at radius 1 is 1.38 bits per heavy atom. The van der Waals surface area contributed by atoms with Crippen LogP contribution in [0.4, 0.5) is 0 Å². The smallest absolute Gasteiger partial charge is 0.267 e. The van der Waals surface area contributed by atoms with Gasteiger partial charge in [0.2, 0.25) is 5.78 Å². The van der Waals surface area contributed by atoms with E-state index in [0.717, 1.165) is 4.68 Å². The predicted molar refractivity (Wildman–Crippen MR) is 58.2 cm³/mol. The summed E-state index contributed by atoms with van der Waals surface area (Å²) in [7, 11) is 1.79. The third kappa shape index (κ3) is 1.93. The maximum atomic E-state index is 11.8. The lowest BCUT2D eigenvalue weighted by Crippen LogP contribution is -2.26. The molecule has 0 saturated carbocycles. The van der Waals surface area contributed by atoms with Gasteiger partial charge in [-0.15, -0.1) is 0 Å². The number of rotatable bonds is 3. The van der Waals surface area contributed by atoms with Crippen LogP contribution >= 0.6 is 0 Å². The third-order valence-corrected chi connectivity index (χ3v) is 2.31. The summed E-state index contributed by atoms with van der Waals surface area (Å²) >= 11 is 0. The van der Waals surface area contributed by atoms with Crippen molar-refractivity contribution in [3.8, 4) is 0 Å². The zero-order valence-corrected chi connectivity index (χ0v) is 8.83. The van der Waals surface area contributed by atoms with Gasteiger partial charge in [-0.25, -0.2) is 4.68 Å². The molecule has 2 aromatic rings. The van der Waals surface area contributed by atoms with E-state index in [0.29, 0.717) is 5.69 Å². The second kappa shape index (κ2) is 4.14. The topological polar surface area (TPSA) is 56.9 Å². The summed E-state index contributed by atoms with van der Waals surface area (Å²) in [4.78, 5) is 23.2. The first-order chi connectivity index (χ1) is 7.68. The van der Waals surface area contributed by atoms with E-state index in [2.05, 4.69) is 5.10 Å². The Kier molecular flexibility index (Phi) is 2.68. The van der Waals surface area contributed by atoms with Crippen molar-refractivity contribution >= 4 is 5.78 Å². The van der Waals surface area contributed by atoms with Gasteiger partial charge in [-0.3, -0.25) is 9.59 Å². The molecular formula is C11H11N3O2. The van der Waals surface area contributed by atoms with Gasteiger partial charge in [0.25, 0.3) is 5.56 Å². The fraction of sp³-hybridized carbons (Fsp3) is 0.182. The van der Waals surface area contributed by atoms with E-state index < -0.39 is 0 Å². The number of carbonyl (C=O) groups is 1. The summed E-state index contributed by atoms with van der Waals surface area (Å²) in [5.41, 5.74) is 0.294. The minimum absolute atomic E-state index is 0.0302. The van der Waals surface area contributed by atoms with E-state index in [1.165, 1.54) is 12.3 Å². The standard InChI is InChI=1S/C11H11N3O2/c1-13-7-3-4-9(13)10(15)8-14-11(16)5-2-6-12-14/h2-7H,8H2,1H3. The lowest BCUT2D eigenvalue weighted by Gasteiger charge is -2.03. The first kappa shape index (κ1) is 10.4. The fourth-order valence-electron chi connectivity index (χ4n) is 1.47. The Morgan fingerprint density at radius 3 is 2.81 bits per heavy atom. The van der Waals surface area contributed by atoms with Crippen molar-refractivity contribution in [3.63, 3.8) is 0 Å². The SMILES string of the molecule is Cn1cccc1C(=O)Cn1ncccc1=O. The zero-order valence-electron chi connectivity index (χ0n) is 8.83. The van der Waals surface area contributed by atoms with Gasteiger partial charge >= 0.3 is 0 Å². The molecule has 0 bridgehead atoms. The van der Waals surface area contributed by atoms with Crippen LogP contribution in [0.5, 0.6) is 0 Å². The molecule has 0 fully saturated rings. The molecular weight excluding hydrogens is 206 g/mol. The molecule has 0 N–H and O–H groups in total.